The van der Waals surface area contributed by atoms with Crippen LogP contribution >= 0.6 is 0 Å². The minimum Gasteiger partial charge on any atom is -0.488 e. The molecule has 0 radical (unpaired) electrons. The fourth-order valence-corrected chi connectivity index (χ4v) is 2.08. The number of hydrogen-bond donors (Lipinski definition) is 2. The Morgan fingerprint density at radius 2 is 2.26 bits per heavy atom. The number of aryl methyl sites for hydroxylation is 1. The van der Waals surface area contributed by atoms with Gasteiger partial charge in [0.25, 0.3) is 0 Å². The molecule has 0 spiro atoms. The second kappa shape index (κ2) is 6.87. The van der Waals surface area contributed by atoms with E-state index in [1.807, 2.05) is 27.7 Å². The fourth-order valence-electron chi connectivity index (χ4n) is 2.08. The van der Waals surface area contributed by atoms with Crippen molar-refractivity contribution < 1.29 is 19.4 Å². The number of hydrogen-bond acceptors (Lipinski definition) is 5. The van der Waals surface area contributed by atoms with Gasteiger partial charge in [-0.1, -0.05) is 0 Å². The predicted molar refractivity (Wildman–Crippen MR) is 86.0 cm³/mol. The van der Waals surface area contributed by atoms with E-state index in [2.05, 4.69) is 9.97 Å². The van der Waals surface area contributed by atoms with E-state index in [-0.39, 0.29) is 6.61 Å². The molecule has 1 aliphatic rings. The van der Waals surface area contributed by atoms with Gasteiger partial charge in [0.1, 0.15) is 12.2 Å². The number of H-pyrrole nitrogens is 1. The van der Waals surface area contributed by atoms with Crippen LogP contribution in [0.4, 0.5) is 10.5 Å². The van der Waals surface area contributed by atoms with Gasteiger partial charge in [0.05, 0.1) is 30.7 Å². The third-order valence-corrected chi connectivity index (χ3v) is 3.19. The van der Waals surface area contributed by atoms with Crippen molar-refractivity contribution in [2.75, 3.05) is 18.1 Å². The van der Waals surface area contributed by atoms with Crippen LogP contribution in [0.25, 0.3) is 0 Å². The number of nitrogens with zero attached hydrogens (tertiary/aromatic N) is 2. The summed E-state index contributed by atoms with van der Waals surface area (Å²) in [4.78, 5) is 21.2. The first-order valence-electron chi connectivity index (χ1n) is 7.47. The van der Waals surface area contributed by atoms with E-state index in [1.54, 1.807) is 12.3 Å². The molecule has 1 aromatic heterocycles. The van der Waals surface area contributed by atoms with Crippen molar-refractivity contribution in [2.45, 2.75) is 39.9 Å². The van der Waals surface area contributed by atoms with E-state index in [9.17, 15) is 9.90 Å². The number of rotatable bonds is 1. The number of amides is 1. The number of aromatic amines is 1. The van der Waals surface area contributed by atoms with Gasteiger partial charge in [-0.15, -0.1) is 0 Å². The fraction of sp³-hybridized carbons (Fsp3) is 0.500. The lowest BCUT2D eigenvalue weighted by Gasteiger charge is -2.30. The van der Waals surface area contributed by atoms with Crippen molar-refractivity contribution in [1.29, 1.82) is 0 Å². The third-order valence-electron chi connectivity index (χ3n) is 3.19. The number of anilines is 1. The van der Waals surface area contributed by atoms with Crippen molar-refractivity contribution in [2.24, 2.45) is 0 Å². The summed E-state index contributed by atoms with van der Waals surface area (Å²) in [5.74, 6) is 0.459. The van der Waals surface area contributed by atoms with Gasteiger partial charge in [-0.3, -0.25) is 9.88 Å². The zero-order valence-corrected chi connectivity index (χ0v) is 13.9. The lowest BCUT2D eigenvalue weighted by Crippen LogP contribution is -2.41. The Bertz CT molecular complexity index is 633. The number of ether oxygens (including phenoxy) is 2. The van der Waals surface area contributed by atoms with Crippen LogP contribution in [0.15, 0.2) is 18.5 Å². The normalized spacial score (nSPS) is 13.7. The highest BCUT2D eigenvalue weighted by Crippen LogP contribution is 2.30. The molecule has 23 heavy (non-hydrogen) atoms. The molecule has 2 N–H and O–H groups in total. The smallest absolute Gasteiger partial charge is 0.415 e. The molecule has 1 aromatic rings. The topological polar surface area (TPSA) is 87.7 Å². The minimum atomic E-state index is -0.577. The molecule has 0 saturated carbocycles. The van der Waals surface area contributed by atoms with Gasteiger partial charge in [0.15, 0.2) is 5.75 Å². The highest BCUT2D eigenvalue weighted by atomic mass is 16.6. The molecule has 2 heterocycles. The zero-order chi connectivity index (χ0) is 17.0. The molecule has 7 heteroatoms. The molecule has 0 atom stereocenters. The van der Waals surface area contributed by atoms with Crippen LogP contribution < -0.4 is 9.64 Å². The Balaban J connectivity index is 2.47. The lowest BCUT2D eigenvalue weighted by molar-refractivity contribution is 0.0568. The first-order chi connectivity index (χ1) is 10.8. The first kappa shape index (κ1) is 17.1. The van der Waals surface area contributed by atoms with Gasteiger partial charge < -0.3 is 19.6 Å². The number of aromatic nitrogens is 2. The Kier molecular flexibility index (Phi) is 5.10. The molecule has 1 amide bonds. The van der Waals surface area contributed by atoms with Crippen molar-refractivity contribution >= 4 is 11.8 Å². The Morgan fingerprint density at radius 3 is 2.91 bits per heavy atom. The number of nitrogens with one attached hydrogen (secondary N) is 1. The van der Waals surface area contributed by atoms with E-state index in [0.29, 0.717) is 30.3 Å². The molecule has 0 saturated heterocycles. The van der Waals surface area contributed by atoms with Gasteiger partial charge in [-0.2, -0.15) is 0 Å². The number of carbonyl (C=O) groups is 1. The van der Waals surface area contributed by atoms with Crippen molar-refractivity contribution in [1.82, 2.24) is 9.97 Å². The van der Waals surface area contributed by atoms with Crippen LogP contribution in [0.2, 0.25) is 0 Å². The Hall–Kier alpha value is -2.28. The largest absolute Gasteiger partial charge is 0.488 e. The maximum Gasteiger partial charge on any atom is 0.415 e. The first-order valence-corrected chi connectivity index (χ1v) is 7.47. The molecule has 2 rings (SSSR count). The molecule has 7 nitrogen and oxygen atoms in total. The SMILES string of the molecule is Cc1[nH]ccc2c(cnc1CO)OCCN2C(=O)OC(C)(C)C. The summed E-state index contributed by atoms with van der Waals surface area (Å²) < 4.78 is 11.1. The monoisotopic (exact) mass is 321 g/mol. The number of aliphatic hydroxyl groups is 1. The van der Waals surface area contributed by atoms with E-state index in [4.69, 9.17) is 9.47 Å². The summed E-state index contributed by atoms with van der Waals surface area (Å²) in [5.41, 5.74) is 1.21. The van der Waals surface area contributed by atoms with Gasteiger partial charge in [0, 0.05) is 11.9 Å². The van der Waals surface area contributed by atoms with Crippen LogP contribution in [0.1, 0.15) is 32.2 Å². The maximum atomic E-state index is 12.4. The Labute approximate surface area is 135 Å². The van der Waals surface area contributed by atoms with E-state index < -0.39 is 11.7 Å². The molecule has 126 valence electrons. The molecule has 0 aromatic carbocycles. The van der Waals surface area contributed by atoms with E-state index in [0.717, 1.165) is 5.69 Å². The highest BCUT2D eigenvalue weighted by molar-refractivity contribution is 5.90. The molecular formula is C16H23N3O4. The van der Waals surface area contributed by atoms with Crippen molar-refractivity contribution in [3.63, 3.8) is 0 Å². The number of carbonyl (C=O) groups excluding carboxylic acids is 1. The van der Waals surface area contributed by atoms with Gasteiger partial charge in [0.2, 0.25) is 0 Å². The average molecular weight is 321 g/mol. The standard InChI is InChI=1S/C16H23N3O4/c1-11-12(10-20)18-9-14-13(5-6-17-11)19(7-8-22-14)15(21)23-16(2,3)4/h5-6,9,17,20H,7-8,10H2,1-4H3. The van der Waals surface area contributed by atoms with Gasteiger partial charge >= 0.3 is 6.09 Å². The van der Waals surface area contributed by atoms with Crippen LogP contribution in [-0.2, 0) is 11.3 Å². The second-order valence-electron chi connectivity index (χ2n) is 6.20. The van der Waals surface area contributed by atoms with E-state index >= 15 is 0 Å². The molecular weight excluding hydrogens is 298 g/mol. The van der Waals surface area contributed by atoms with Gasteiger partial charge in [-0.05, 0) is 33.8 Å². The molecule has 0 bridgehead atoms. The van der Waals surface area contributed by atoms with Crippen LogP contribution in [0.5, 0.6) is 5.75 Å². The third kappa shape index (κ3) is 4.35. The Morgan fingerprint density at radius 1 is 1.52 bits per heavy atom. The average Bonchev–Trinajstić information content (AvgIpc) is 2.53. The summed E-state index contributed by atoms with van der Waals surface area (Å²) in [6, 6.07) is 1.73. The van der Waals surface area contributed by atoms with Crippen LogP contribution in [-0.4, -0.2) is 39.9 Å². The van der Waals surface area contributed by atoms with E-state index in [1.165, 1.54) is 11.1 Å². The van der Waals surface area contributed by atoms with Crippen LogP contribution in [0, 0.1) is 6.92 Å². The zero-order valence-electron chi connectivity index (χ0n) is 13.9. The summed E-state index contributed by atoms with van der Waals surface area (Å²) in [6.45, 7) is 7.83. The summed E-state index contributed by atoms with van der Waals surface area (Å²) >= 11 is 0. The summed E-state index contributed by atoms with van der Waals surface area (Å²) in [5, 5.41) is 9.36. The number of fused-ring (bicyclic) bond motifs is 1. The molecule has 0 unspecified atom stereocenters. The quantitative estimate of drug-likeness (QED) is 0.829. The number of aliphatic hydroxyl groups excluding tert-OH is 1. The van der Waals surface area contributed by atoms with Gasteiger partial charge in [-0.25, -0.2) is 4.79 Å². The molecule has 0 fully saturated rings. The molecule has 1 aliphatic heterocycles. The summed E-state index contributed by atoms with van der Waals surface area (Å²) in [6.07, 6.45) is 2.76. The molecule has 0 aliphatic carbocycles. The summed E-state index contributed by atoms with van der Waals surface area (Å²) in [7, 11) is 0. The van der Waals surface area contributed by atoms with Crippen LogP contribution in [0.3, 0.4) is 0 Å². The predicted octanol–water partition coefficient (Wildman–Crippen LogP) is 2.47. The lowest BCUT2D eigenvalue weighted by atomic mass is 10.2. The van der Waals surface area contributed by atoms with Crippen molar-refractivity contribution in [3.05, 3.63) is 29.8 Å². The van der Waals surface area contributed by atoms with Crippen molar-refractivity contribution in [3.8, 4) is 5.75 Å². The maximum absolute atomic E-state index is 12.4. The minimum absolute atomic E-state index is 0.193. The highest BCUT2D eigenvalue weighted by Gasteiger charge is 2.27. The second-order valence-corrected chi connectivity index (χ2v) is 6.20.